The van der Waals surface area contributed by atoms with Crippen molar-refractivity contribution in [3.63, 3.8) is 0 Å². The molecule has 0 atom stereocenters. The summed E-state index contributed by atoms with van der Waals surface area (Å²) in [6.45, 7) is 0. The van der Waals surface area contributed by atoms with Crippen molar-refractivity contribution in [1.82, 2.24) is 0 Å². The Bertz CT molecular complexity index is 532. The van der Waals surface area contributed by atoms with E-state index in [4.69, 9.17) is 4.74 Å². The summed E-state index contributed by atoms with van der Waals surface area (Å²) in [6.07, 6.45) is 0. The van der Waals surface area contributed by atoms with E-state index < -0.39 is 0 Å². The predicted molar refractivity (Wildman–Crippen MR) is 75.6 cm³/mol. The number of carbonyl (C=O) groups excluding carboxylic acids is 1. The van der Waals surface area contributed by atoms with Crippen molar-refractivity contribution in [2.45, 2.75) is 0 Å². The monoisotopic (exact) mass is 338 g/mol. The molecule has 0 aromatic heterocycles. The Morgan fingerprint density at radius 1 is 1.06 bits per heavy atom. The number of ether oxygens (including phenoxy) is 1. The Kier molecular flexibility index (Phi) is 3.78. The first-order valence-corrected chi connectivity index (χ1v) is 6.23. The minimum atomic E-state index is -0.0150. The van der Waals surface area contributed by atoms with Crippen molar-refractivity contribution in [3.8, 4) is 5.75 Å². The third-order valence-electron chi connectivity index (χ3n) is 2.46. The molecule has 3 heteroatoms. The first-order valence-electron chi connectivity index (χ1n) is 5.15. The van der Waals surface area contributed by atoms with Gasteiger partial charge in [0.15, 0.2) is 5.78 Å². The number of hydrogen-bond donors (Lipinski definition) is 0. The molecular weight excluding hydrogens is 327 g/mol. The number of carbonyl (C=O) groups is 1. The molecule has 0 heterocycles. The molecule has 2 aromatic carbocycles. The molecule has 17 heavy (non-hydrogen) atoms. The highest BCUT2D eigenvalue weighted by atomic mass is 127. The fraction of sp³-hybridized carbons (Fsp3) is 0.0714. The van der Waals surface area contributed by atoms with Crippen molar-refractivity contribution in [2.24, 2.45) is 0 Å². The van der Waals surface area contributed by atoms with Crippen LogP contribution in [-0.4, -0.2) is 12.9 Å². The molecular formula is C14H11IO2. The van der Waals surface area contributed by atoms with E-state index in [1.165, 1.54) is 0 Å². The van der Waals surface area contributed by atoms with Crippen molar-refractivity contribution in [3.05, 3.63) is 63.2 Å². The molecule has 0 fully saturated rings. The highest BCUT2D eigenvalue weighted by molar-refractivity contribution is 14.1. The van der Waals surface area contributed by atoms with E-state index in [0.29, 0.717) is 16.9 Å². The van der Waals surface area contributed by atoms with Gasteiger partial charge in [-0.05, 0) is 59.0 Å². The molecule has 86 valence electrons. The zero-order valence-electron chi connectivity index (χ0n) is 9.31. The van der Waals surface area contributed by atoms with Crippen molar-refractivity contribution < 1.29 is 9.53 Å². The van der Waals surface area contributed by atoms with Crippen LogP contribution in [0.15, 0.2) is 48.5 Å². The Labute approximate surface area is 114 Å². The minimum absolute atomic E-state index is 0.0150. The lowest BCUT2D eigenvalue weighted by atomic mass is 10.0. The first kappa shape index (κ1) is 12.1. The van der Waals surface area contributed by atoms with Gasteiger partial charge in [0.25, 0.3) is 0 Å². The van der Waals surface area contributed by atoms with E-state index in [1.807, 2.05) is 36.4 Å². The number of para-hydroxylation sites is 1. The molecule has 2 aromatic rings. The quantitative estimate of drug-likeness (QED) is 0.632. The van der Waals surface area contributed by atoms with Gasteiger partial charge in [-0.1, -0.05) is 12.1 Å². The second kappa shape index (κ2) is 5.31. The number of hydrogen-bond acceptors (Lipinski definition) is 2. The molecule has 0 unspecified atom stereocenters. The summed E-state index contributed by atoms with van der Waals surface area (Å²) < 4.78 is 6.30. The summed E-state index contributed by atoms with van der Waals surface area (Å²) in [5.74, 6) is 0.593. The molecule has 0 aliphatic carbocycles. The van der Waals surface area contributed by atoms with Gasteiger partial charge in [-0.3, -0.25) is 4.79 Å². The lowest BCUT2D eigenvalue weighted by Crippen LogP contribution is -2.03. The smallest absolute Gasteiger partial charge is 0.196 e. The fourth-order valence-corrected chi connectivity index (χ4v) is 1.95. The second-order valence-electron chi connectivity index (χ2n) is 3.54. The van der Waals surface area contributed by atoms with Crippen molar-refractivity contribution in [1.29, 1.82) is 0 Å². The molecule has 0 amide bonds. The van der Waals surface area contributed by atoms with E-state index in [0.717, 1.165) is 3.57 Å². The van der Waals surface area contributed by atoms with Crippen LogP contribution >= 0.6 is 22.6 Å². The average Bonchev–Trinajstić information content (AvgIpc) is 2.39. The van der Waals surface area contributed by atoms with Crippen LogP contribution in [0.25, 0.3) is 0 Å². The van der Waals surface area contributed by atoms with Gasteiger partial charge in [-0.2, -0.15) is 0 Å². The minimum Gasteiger partial charge on any atom is -0.496 e. The van der Waals surface area contributed by atoms with Gasteiger partial charge in [0.05, 0.1) is 12.7 Å². The molecule has 2 rings (SSSR count). The zero-order valence-corrected chi connectivity index (χ0v) is 11.5. The van der Waals surface area contributed by atoms with Gasteiger partial charge in [0.2, 0.25) is 0 Å². The lowest BCUT2D eigenvalue weighted by Gasteiger charge is -2.07. The number of ketones is 1. The summed E-state index contributed by atoms with van der Waals surface area (Å²) in [4.78, 5) is 12.3. The second-order valence-corrected chi connectivity index (χ2v) is 4.78. The SMILES string of the molecule is COc1ccccc1C(=O)c1ccc(I)cc1. The van der Waals surface area contributed by atoms with Crippen LogP contribution in [0, 0.1) is 3.57 Å². The van der Waals surface area contributed by atoms with Crippen molar-refractivity contribution in [2.75, 3.05) is 7.11 Å². The van der Waals surface area contributed by atoms with E-state index in [9.17, 15) is 4.79 Å². The molecule has 0 aliphatic heterocycles. The van der Waals surface area contributed by atoms with Crippen LogP contribution in [0.3, 0.4) is 0 Å². The van der Waals surface area contributed by atoms with Gasteiger partial charge in [-0.25, -0.2) is 0 Å². The average molecular weight is 338 g/mol. The van der Waals surface area contributed by atoms with E-state index in [2.05, 4.69) is 22.6 Å². The van der Waals surface area contributed by atoms with Crippen LogP contribution in [0.2, 0.25) is 0 Å². The van der Waals surface area contributed by atoms with Gasteiger partial charge >= 0.3 is 0 Å². The molecule has 0 bridgehead atoms. The molecule has 0 saturated carbocycles. The van der Waals surface area contributed by atoms with E-state index in [1.54, 1.807) is 19.2 Å². The molecule has 0 saturated heterocycles. The summed E-state index contributed by atoms with van der Waals surface area (Å²) >= 11 is 2.21. The van der Waals surface area contributed by atoms with E-state index in [-0.39, 0.29) is 5.78 Å². The standard InChI is InChI=1S/C14H11IO2/c1-17-13-5-3-2-4-12(13)14(16)10-6-8-11(15)9-7-10/h2-9H,1H3. The predicted octanol–water partition coefficient (Wildman–Crippen LogP) is 3.53. The van der Waals surface area contributed by atoms with E-state index >= 15 is 0 Å². The van der Waals surface area contributed by atoms with Crippen LogP contribution < -0.4 is 4.74 Å². The molecule has 0 spiro atoms. The van der Waals surface area contributed by atoms with Crippen LogP contribution in [0.5, 0.6) is 5.75 Å². The number of halogens is 1. The van der Waals surface area contributed by atoms with Crippen LogP contribution in [0.1, 0.15) is 15.9 Å². The maximum Gasteiger partial charge on any atom is 0.196 e. The van der Waals surface area contributed by atoms with Gasteiger partial charge in [-0.15, -0.1) is 0 Å². The summed E-state index contributed by atoms with van der Waals surface area (Å²) in [5.41, 5.74) is 1.27. The highest BCUT2D eigenvalue weighted by Crippen LogP contribution is 2.21. The number of rotatable bonds is 3. The van der Waals surface area contributed by atoms with Crippen LogP contribution in [0.4, 0.5) is 0 Å². The number of benzene rings is 2. The molecule has 2 nitrogen and oxygen atoms in total. The van der Waals surface area contributed by atoms with Crippen LogP contribution in [-0.2, 0) is 0 Å². The molecule has 0 N–H and O–H groups in total. The maximum absolute atomic E-state index is 12.3. The van der Waals surface area contributed by atoms with Crippen molar-refractivity contribution >= 4 is 28.4 Å². The Morgan fingerprint density at radius 2 is 1.71 bits per heavy atom. The number of methoxy groups -OCH3 is 1. The fourth-order valence-electron chi connectivity index (χ4n) is 1.59. The third kappa shape index (κ3) is 2.66. The topological polar surface area (TPSA) is 26.3 Å². The highest BCUT2D eigenvalue weighted by Gasteiger charge is 2.13. The lowest BCUT2D eigenvalue weighted by molar-refractivity contribution is 0.103. The first-order chi connectivity index (χ1) is 8.22. The van der Waals surface area contributed by atoms with Gasteiger partial charge < -0.3 is 4.74 Å². The largest absolute Gasteiger partial charge is 0.496 e. The normalized spacial score (nSPS) is 10.0. The summed E-state index contributed by atoms with van der Waals surface area (Å²) in [6, 6.07) is 14.8. The Morgan fingerprint density at radius 3 is 2.35 bits per heavy atom. The Hall–Kier alpha value is -1.36. The Balaban J connectivity index is 2.40. The zero-order chi connectivity index (χ0) is 12.3. The molecule has 0 radical (unpaired) electrons. The van der Waals surface area contributed by atoms with Gasteiger partial charge in [0, 0.05) is 9.13 Å². The summed E-state index contributed by atoms with van der Waals surface area (Å²) in [7, 11) is 1.57. The van der Waals surface area contributed by atoms with Gasteiger partial charge in [0.1, 0.15) is 5.75 Å². The molecule has 0 aliphatic rings. The summed E-state index contributed by atoms with van der Waals surface area (Å²) in [5, 5.41) is 0. The maximum atomic E-state index is 12.3. The third-order valence-corrected chi connectivity index (χ3v) is 3.18.